The smallest absolute Gasteiger partial charge is 0.317 e. The first-order chi connectivity index (χ1) is 9.09. The van der Waals surface area contributed by atoms with Crippen molar-refractivity contribution < 1.29 is 14.7 Å². The van der Waals surface area contributed by atoms with Crippen LogP contribution < -0.4 is 5.32 Å². The molecule has 0 aromatic rings. The monoisotopic (exact) mass is 271 g/mol. The third-order valence-electron chi connectivity index (χ3n) is 3.39. The maximum absolute atomic E-state index is 11.7. The number of amides is 2. The van der Waals surface area contributed by atoms with E-state index < -0.39 is 5.97 Å². The zero-order valence-corrected chi connectivity index (χ0v) is 11.7. The highest BCUT2D eigenvalue weighted by Crippen LogP contribution is 2.06. The van der Waals surface area contributed by atoms with Crippen molar-refractivity contribution in [2.24, 2.45) is 0 Å². The molecule has 0 aliphatic carbocycles. The molecule has 0 atom stereocenters. The van der Waals surface area contributed by atoms with E-state index in [1.165, 1.54) is 12.8 Å². The third-order valence-corrected chi connectivity index (χ3v) is 3.39. The number of carbonyl (C=O) groups excluding carboxylic acids is 1. The molecule has 6 nitrogen and oxygen atoms in total. The van der Waals surface area contributed by atoms with E-state index in [1.807, 2.05) is 0 Å². The standard InChI is InChI=1S/C13H25N3O3/c1-15(10-11-16-8-4-5-9-16)13(19)14-7-3-2-6-12(17)18/h2-11H2,1H3,(H,14,19)(H,17,18). The van der Waals surface area contributed by atoms with Gasteiger partial charge >= 0.3 is 12.0 Å². The number of nitrogens with zero attached hydrogens (tertiary/aromatic N) is 2. The van der Waals surface area contributed by atoms with Gasteiger partial charge < -0.3 is 20.2 Å². The lowest BCUT2D eigenvalue weighted by molar-refractivity contribution is -0.137. The molecule has 1 aliphatic rings. The van der Waals surface area contributed by atoms with Crippen LogP contribution in [0.1, 0.15) is 32.1 Å². The number of likely N-dealkylation sites (tertiary alicyclic amines) is 1. The van der Waals surface area contributed by atoms with Gasteiger partial charge in [0.25, 0.3) is 0 Å². The third kappa shape index (κ3) is 7.00. The highest BCUT2D eigenvalue weighted by molar-refractivity contribution is 5.73. The summed E-state index contributed by atoms with van der Waals surface area (Å²) in [4.78, 5) is 26.1. The minimum absolute atomic E-state index is 0.0745. The van der Waals surface area contributed by atoms with E-state index in [9.17, 15) is 9.59 Å². The van der Waals surface area contributed by atoms with E-state index in [2.05, 4.69) is 10.2 Å². The first-order valence-corrected chi connectivity index (χ1v) is 7.02. The molecule has 19 heavy (non-hydrogen) atoms. The predicted molar refractivity (Wildman–Crippen MR) is 73.2 cm³/mol. The van der Waals surface area contributed by atoms with Gasteiger partial charge in [0.1, 0.15) is 0 Å². The number of hydrogen-bond acceptors (Lipinski definition) is 3. The van der Waals surface area contributed by atoms with Crippen LogP contribution in [0.25, 0.3) is 0 Å². The second-order valence-corrected chi connectivity index (χ2v) is 5.05. The molecule has 0 aromatic heterocycles. The molecule has 0 bridgehead atoms. The van der Waals surface area contributed by atoms with Crippen LogP contribution in [0, 0.1) is 0 Å². The summed E-state index contributed by atoms with van der Waals surface area (Å²) >= 11 is 0. The largest absolute Gasteiger partial charge is 0.481 e. The molecule has 0 aromatic carbocycles. The maximum Gasteiger partial charge on any atom is 0.317 e. The molecule has 0 saturated carbocycles. The number of hydrogen-bond donors (Lipinski definition) is 2. The Kier molecular flexibility index (Phi) is 7.25. The van der Waals surface area contributed by atoms with Gasteiger partial charge in [-0.3, -0.25) is 4.79 Å². The van der Waals surface area contributed by atoms with Crippen LogP contribution >= 0.6 is 0 Å². The van der Waals surface area contributed by atoms with Crippen LogP contribution in [0.5, 0.6) is 0 Å². The molecule has 1 aliphatic heterocycles. The number of urea groups is 1. The van der Waals surface area contributed by atoms with E-state index in [0.29, 0.717) is 19.4 Å². The van der Waals surface area contributed by atoms with Crippen molar-refractivity contribution in [2.45, 2.75) is 32.1 Å². The Balaban J connectivity index is 2.02. The van der Waals surface area contributed by atoms with Crippen LogP contribution in [-0.4, -0.2) is 66.7 Å². The van der Waals surface area contributed by atoms with Gasteiger partial charge in [-0.1, -0.05) is 0 Å². The lowest BCUT2D eigenvalue weighted by Gasteiger charge is -2.21. The van der Waals surface area contributed by atoms with Gasteiger partial charge in [-0.2, -0.15) is 0 Å². The van der Waals surface area contributed by atoms with Gasteiger partial charge in [0, 0.05) is 33.1 Å². The number of unbranched alkanes of at least 4 members (excludes halogenated alkanes) is 1. The first kappa shape index (κ1) is 15.8. The molecule has 0 radical (unpaired) electrons. The van der Waals surface area contributed by atoms with E-state index in [0.717, 1.165) is 26.2 Å². The lowest BCUT2D eigenvalue weighted by Crippen LogP contribution is -2.41. The first-order valence-electron chi connectivity index (χ1n) is 7.02. The quantitative estimate of drug-likeness (QED) is 0.645. The zero-order valence-electron chi connectivity index (χ0n) is 11.7. The van der Waals surface area contributed by atoms with E-state index in [-0.39, 0.29) is 12.5 Å². The Bertz CT molecular complexity index is 291. The number of aliphatic carboxylic acids is 1. The highest BCUT2D eigenvalue weighted by Gasteiger charge is 2.13. The molecular weight excluding hydrogens is 246 g/mol. The topological polar surface area (TPSA) is 72.9 Å². The molecule has 1 rings (SSSR count). The summed E-state index contributed by atoms with van der Waals surface area (Å²) in [5.74, 6) is -0.783. The van der Waals surface area contributed by atoms with Crippen LogP contribution in [-0.2, 0) is 4.79 Å². The molecule has 1 saturated heterocycles. The van der Waals surface area contributed by atoms with Crippen LogP contribution in [0.2, 0.25) is 0 Å². The zero-order chi connectivity index (χ0) is 14.1. The average Bonchev–Trinajstić information content (AvgIpc) is 2.88. The van der Waals surface area contributed by atoms with E-state index in [1.54, 1.807) is 11.9 Å². The van der Waals surface area contributed by atoms with Gasteiger partial charge in [0.05, 0.1) is 0 Å². The summed E-state index contributed by atoms with van der Waals surface area (Å²) in [5, 5.41) is 11.3. The second kappa shape index (κ2) is 8.74. The molecule has 110 valence electrons. The number of carboxylic acid groups (broad SMARTS) is 1. The molecule has 0 unspecified atom stereocenters. The Morgan fingerprint density at radius 2 is 1.95 bits per heavy atom. The second-order valence-electron chi connectivity index (χ2n) is 5.05. The summed E-state index contributed by atoms with van der Waals surface area (Å²) in [6.07, 6.45) is 4.00. The summed E-state index contributed by atoms with van der Waals surface area (Å²) in [6.45, 7) is 4.50. The Hall–Kier alpha value is -1.30. The number of likely N-dealkylation sites (N-methyl/N-ethyl adjacent to an activating group) is 1. The van der Waals surface area contributed by atoms with Crippen LogP contribution in [0.4, 0.5) is 4.79 Å². The van der Waals surface area contributed by atoms with Crippen molar-refractivity contribution in [1.29, 1.82) is 0 Å². The fourth-order valence-corrected chi connectivity index (χ4v) is 2.13. The predicted octanol–water partition coefficient (Wildman–Crippen LogP) is 0.979. The van der Waals surface area contributed by atoms with E-state index >= 15 is 0 Å². The molecule has 6 heteroatoms. The van der Waals surface area contributed by atoms with Crippen molar-refractivity contribution in [1.82, 2.24) is 15.1 Å². The number of rotatable bonds is 8. The SMILES string of the molecule is CN(CCN1CCCC1)C(=O)NCCCCC(=O)O. The fraction of sp³-hybridized carbons (Fsp3) is 0.846. The molecule has 1 fully saturated rings. The number of carbonyl (C=O) groups is 2. The van der Waals surface area contributed by atoms with Gasteiger partial charge in [-0.05, 0) is 38.8 Å². The van der Waals surface area contributed by atoms with Crippen molar-refractivity contribution in [3.63, 3.8) is 0 Å². The highest BCUT2D eigenvalue weighted by atomic mass is 16.4. The van der Waals surface area contributed by atoms with E-state index in [4.69, 9.17) is 5.11 Å². The van der Waals surface area contributed by atoms with Gasteiger partial charge in [0.2, 0.25) is 0 Å². The van der Waals surface area contributed by atoms with Gasteiger partial charge in [0.15, 0.2) is 0 Å². The van der Waals surface area contributed by atoms with Crippen LogP contribution in [0.3, 0.4) is 0 Å². The number of carboxylic acids is 1. The molecule has 2 amide bonds. The van der Waals surface area contributed by atoms with Crippen molar-refractivity contribution >= 4 is 12.0 Å². The number of nitrogens with one attached hydrogen (secondary N) is 1. The van der Waals surface area contributed by atoms with Crippen molar-refractivity contribution in [2.75, 3.05) is 39.8 Å². The summed E-state index contributed by atoms with van der Waals surface area (Å²) < 4.78 is 0. The molecule has 1 heterocycles. The summed E-state index contributed by atoms with van der Waals surface area (Å²) in [5.41, 5.74) is 0. The Morgan fingerprint density at radius 1 is 1.26 bits per heavy atom. The summed E-state index contributed by atoms with van der Waals surface area (Å²) in [7, 11) is 1.79. The molecule has 2 N–H and O–H groups in total. The Morgan fingerprint density at radius 3 is 2.58 bits per heavy atom. The minimum atomic E-state index is -0.783. The maximum atomic E-state index is 11.7. The Labute approximate surface area is 114 Å². The molecule has 0 spiro atoms. The normalized spacial score (nSPS) is 15.4. The minimum Gasteiger partial charge on any atom is -0.481 e. The van der Waals surface area contributed by atoms with Crippen molar-refractivity contribution in [3.05, 3.63) is 0 Å². The fourth-order valence-electron chi connectivity index (χ4n) is 2.13. The lowest BCUT2D eigenvalue weighted by atomic mass is 10.2. The average molecular weight is 271 g/mol. The van der Waals surface area contributed by atoms with Gasteiger partial charge in [-0.25, -0.2) is 4.79 Å². The van der Waals surface area contributed by atoms with Crippen LogP contribution in [0.15, 0.2) is 0 Å². The summed E-state index contributed by atoms with van der Waals surface area (Å²) in [6, 6.07) is -0.0745. The van der Waals surface area contributed by atoms with Gasteiger partial charge in [-0.15, -0.1) is 0 Å². The molecular formula is C13H25N3O3. The van der Waals surface area contributed by atoms with Crippen molar-refractivity contribution in [3.8, 4) is 0 Å².